The molecule has 2 N–H and O–H groups in total. The van der Waals surface area contributed by atoms with E-state index in [1.807, 2.05) is 0 Å². The zero-order valence-electron chi connectivity index (χ0n) is 10.2. The molecule has 1 saturated heterocycles. The number of halogens is 3. The number of aromatic nitrogens is 2. The first-order valence-electron chi connectivity index (χ1n) is 6.01. The standard InChI is InChI=1S/C11H15F3N4O/c12-11(13,14)7-18-4-1-8(6-18)5-17-9-10(19)16-3-2-15-9/h2-3,8H,1,4-7H2,(H,15,17)(H,16,19). The van der Waals surface area contributed by atoms with Gasteiger partial charge in [0.05, 0.1) is 6.54 Å². The van der Waals surface area contributed by atoms with Crippen LogP contribution in [-0.4, -0.2) is 47.2 Å². The molecule has 8 heteroatoms. The quantitative estimate of drug-likeness (QED) is 0.863. The van der Waals surface area contributed by atoms with E-state index in [9.17, 15) is 18.0 Å². The third-order valence-corrected chi connectivity index (χ3v) is 3.04. The molecule has 1 aromatic heterocycles. The Kier molecular flexibility index (Phi) is 4.08. The summed E-state index contributed by atoms with van der Waals surface area (Å²) in [5.74, 6) is 0.306. The number of hydrogen-bond acceptors (Lipinski definition) is 4. The van der Waals surface area contributed by atoms with Crippen LogP contribution in [0.2, 0.25) is 0 Å². The van der Waals surface area contributed by atoms with Crippen LogP contribution in [0.5, 0.6) is 0 Å². The average molecular weight is 276 g/mol. The Morgan fingerprint density at radius 2 is 2.32 bits per heavy atom. The second kappa shape index (κ2) is 5.60. The molecule has 1 atom stereocenters. The Morgan fingerprint density at radius 3 is 3.00 bits per heavy atom. The number of hydrogen-bond donors (Lipinski definition) is 2. The van der Waals surface area contributed by atoms with Gasteiger partial charge in [-0.15, -0.1) is 0 Å². The predicted molar refractivity (Wildman–Crippen MR) is 63.9 cm³/mol. The molecule has 5 nitrogen and oxygen atoms in total. The first kappa shape index (κ1) is 13.9. The molecule has 19 heavy (non-hydrogen) atoms. The Balaban J connectivity index is 1.80. The van der Waals surface area contributed by atoms with Gasteiger partial charge in [-0.25, -0.2) is 4.98 Å². The van der Waals surface area contributed by atoms with E-state index in [1.54, 1.807) is 0 Å². The summed E-state index contributed by atoms with van der Waals surface area (Å²) in [7, 11) is 0. The number of aromatic amines is 1. The highest BCUT2D eigenvalue weighted by atomic mass is 19.4. The van der Waals surface area contributed by atoms with Crippen molar-refractivity contribution >= 4 is 5.82 Å². The maximum absolute atomic E-state index is 12.2. The molecule has 1 aliphatic rings. The number of H-pyrrole nitrogens is 1. The minimum atomic E-state index is -4.15. The van der Waals surface area contributed by atoms with Crippen LogP contribution < -0.4 is 10.9 Å². The van der Waals surface area contributed by atoms with E-state index >= 15 is 0 Å². The fourth-order valence-electron chi connectivity index (χ4n) is 2.20. The van der Waals surface area contributed by atoms with E-state index < -0.39 is 12.7 Å². The monoisotopic (exact) mass is 276 g/mol. The van der Waals surface area contributed by atoms with Crippen molar-refractivity contribution in [3.8, 4) is 0 Å². The van der Waals surface area contributed by atoms with E-state index in [-0.39, 0.29) is 17.3 Å². The third kappa shape index (κ3) is 4.23. The van der Waals surface area contributed by atoms with E-state index in [1.165, 1.54) is 17.3 Å². The lowest BCUT2D eigenvalue weighted by atomic mass is 10.1. The lowest BCUT2D eigenvalue weighted by Crippen LogP contribution is -2.33. The summed E-state index contributed by atoms with van der Waals surface area (Å²) in [5, 5.41) is 2.88. The van der Waals surface area contributed by atoms with Crippen LogP contribution in [0, 0.1) is 5.92 Å². The highest BCUT2D eigenvalue weighted by molar-refractivity contribution is 5.29. The molecule has 0 aromatic carbocycles. The summed E-state index contributed by atoms with van der Waals surface area (Å²) in [6.07, 6.45) is -0.587. The Bertz CT molecular complexity index is 473. The molecule has 2 rings (SSSR count). The van der Waals surface area contributed by atoms with Crippen molar-refractivity contribution in [2.75, 3.05) is 31.5 Å². The van der Waals surface area contributed by atoms with Crippen LogP contribution in [0.4, 0.5) is 19.0 Å². The number of anilines is 1. The van der Waals surface area contributed by atoms with Crippen molar-refractivity contribution in [2.45, 2.75) is 12.6 Å². The van der Waals surface area contributed by atoms with E-state index in [2.05, 4.69) is 15.3 Å². The second-order valence-corrected chi connectivity index (χ2v) is 4.65. The van der Waals surface area contributed by atoms with Gasteiger partial charge in [0, 0.05) is 25.5 Å². The van der Waals surface area contributed by atoms with Crippen molar-refractivity contribution in [1.82, 2.24) is 14.9 Å². The van der Waals surface area contributed by atoms with Crippen molar-refractivity contribution in [2.24, 2.45) is 5.92 Å². The van der Waals surface area contributed by atoms with Gasteiger partial charge < -0.3 is 10.3 Å². The number of rotatable bonds is 4. The number of nitrogens with zero attached hydrogens (tertiary/aromatic N) is 2. The normalized spacial score (nSPS) is 20.7. The molecule has 106 valence electrons. The minimum Gasteiger partial charge on any atom is -0.365 e. The summed E-state index contributed by atoms with van der Waals surface area (Å²) in [6, 6.07) is 0. The van der Waals surface area contributed by atoms with Crippen LogP contribution >= 0.6 is 0 Å². The van der Waals surface area contributed by atoms with Crippen LogP contribution in [-0.2, 0) is 0 Å². The lowest BCUT2D eigenvalue weighted by Gasteiger charge is -2.17. The zero-order valence-corrected chi connectivity index (χ0v) is 10.2. The van der Waals surface area contributed by atoms with E-state index in [0.717, 1.165) is 0 Å². The SMILES string of the molecule is O=c1[nH]ccnc1NCC1CCN(CC(F)(F)F)C1. The molecular weight excluding hydrogens is 261 g/mol. The molecule has 0 radical (unpaired) electrons. The number of alkyl halides is 3. The fraction of sp³-hybridized carbons (Fsp3) is 0.636. The van der Waals surface area contributed by atoms with Crippen LogP contribution in [0.25, 0.3) is 0 Å². The second-order valence-electron chi connectivity index (χ2n) is 4.65. The molecule has 0 spiro atoms. The molecular formula is C11H15F3N4O. The molecule has 1 aliphatic heterocycles. The Morgan fingerprint density at radius 1 is 1.53 bits per heavy atom. The van der Waals surface area contributed by atoms with Crippen molar-refractivity contribution in [3.05, 3.63) is 22.7 Å². The van der Waals surface area contributed by atoms with E-state index in [4.69, 9.17) is 0 Å². The molecule has 0 saturated carbocycles. The first-order valence-corrected chi connectivity index (χ1v) is 6.01. The highest BCUT2D eigenvalue weighted by Gasteiger charge is 2.34. The van der Waals surface area contributed by atoms with Gasteiger partial charge in [-0.1, -0.05) is 0 Å². The van der Waals surface area contributed by atoms with Crippen LogP contribution in [0.15, 0.2) is 17.2 Å². The van der Waals surface area contributed by atoms with Gasteiger partial charge in [0.25, 0.3) is 5.56 Å². The topological polar surface area (TPSA) is 61.0 Å². The Labute approximate surface area is 107 Å². The molecule has 0 amide bonds. The minimum absolute atomic E-state index is 0.101. The number of likely N-dealkylation sites (tertiary alicyclic amines) is 1. The zero-order chi connectivity index (χ0) is 13.9. The summed E-state index contributed by atoms with van der Waals surface area (Å²) in [5.41, 5.74) is -0.326. The molecule has 2 heterocycles. The van der Waals surface area contributed by atoms with Crippen molar-refractivity contribution < 1.29 is 13.2 Å². The maximum atomic E-state index is 12.2. The first-order chi connectivity index (χ1) is 8.94. The predicted octanol–water partition coefficient (Wildman–Crippen LogP) is 1.07. The highest BCUT2D eigenvalue weighted by Crippen LogP contribution is 2.22. The summed E-state index contributed by atoms with van der Waals surface area (Å²) >= 11 is 0. The van der Waals surface area contributed by atoms with Gasteiger partial charge >= 0.3 is 6.18 Å². The Hall–Kier alpha value is -1.57. The van der Waals surface area contributed by atoms with Gasteiger partial charge in [0.15, 0.2) is 5.82 Å². The maximum Gasteiger partial charge on any atom is 0.401 e. The van der Waals surface area contributed by atoms with Crippen molar-refractivity contribution in [1.29, 1.82) is 0 Å². The fourth-order valence-corrected chi connectivity index (χ4v) is 2.20. The number of nitrogens with one attached hydrogen (secondary N) is 2. The van der Waals surface area contributed by atoms with Gasteiger partial charge in [-0.3, -0.25) is 9.69 Å². The molecule has 1 fully saturated rings. The lowest BCUT2D eigenvalue weighted by molar-refractivity contribution is -0.143. The molecule has 0 bridgehead atoms. The average Bonchev–Trinajstić information content (AvgIpc) is 2.73. The smallest absolute Gasteiger partial charge is 0.365 e. The summed E-state index contributed by atoms with van der Waals surface area (Å²) < 4.78 is 36.7. The van der Waals surface area contributed by atoms with Gasteiger partial charge in [0.1, 0.15) is 0 Å². The molecule has 1 aromatic rings. The van der Waals surface area contributed by atoms with E-state index in [0.29, 0.717) is 26.1 Å². The van der Waals surface area contributed by atoms with Crippen LogP contribution in [0.1, 0.15) is 6.42 Å². The molecule has 1 unspecified atom stereocenters. The van der Waals surface area contributed by atoms with Gasteiger partial charge in [0.2, 0.25) is 0 Å². The third-order valence-electron chi connectivity index (χ3n) is 3.04. The van der Waals surface area contributed by atoms with Gasteiger partial charge in [-0.2, -0.15) is 13.2 Å². The largest absolute Gasteiger partial charge is 0.401 e. The van der Waals surface area contributed by atoms with Crippen molar-refractivity contribution in [3.63, 3.8) is 0 Å². The summed E-state index contributed by atoms with van der Waals surface area (Å²) in [6.45, 7) is 0.407. The summed E-state index contributed by atoms with van der Waals surface area (Å²) in [4.78, 5) is 19.1. The molecule has 0 aliphatic carbocycles. The van der Waals surface area contributed by atoms with Crippen LogP contribution in [0.3, 0.4) is 0 Å². The van der Waals surface area contributed by atoms with Gasteiger partial charge in [-0.05, 0) is 18.9 Å².